The summed E-state index contributed by atoms with van der Waals surface area (Å²) >= 11 is 0. The Hall–Kier alpha value is -0.120. The monoisotopic (exact) mass is 240 g/mol. The average Bonchev–Trinajstić information content (AvgIpc) is 2.90. The molecule has 0 aromatic carbocycles. The molecule has 1 unspecified atom stereocenters. The normalized spacial score (nSPS) is 26.5. The summed E-state index contributed by atoms with van der Waals surface area (Å²) in [6.45, 7) is 4.93. The quantitative estimate of drug-likeness (QED) is 0.768. The third kappa shape index (κ3) is 3.67. The van der Waals surface area contributed by atoms with Crippen molar-refractivity contribution in [1.29, 1.82) is 0 Å². The van der Waals surface area contributed by atoms with Gasteiger partial charge in [-0.05, 0) is 45.2 Å². The molecule has 0 spiro atoms. The van der Waals surface area contributed by atoms with Crippen LogP contribution in [0.1, 0.15) is 51.9 Å². The Kier molecular flexibility index (Phi) is 5.26. The molecule has 0 aromatic rings. The van der Waals surface area contributed by atoms with E-state index >= 15 is 0 Å². The summed E-state index contributed by atoms with van der Waals surface area (Å²) in [5, 5.41) is 12.8. The molecular weight excluding hydrogens is 212 g/mol. The summed E-state index contributed by atoms with van der Waals surface area (Å²) in [6.07, 6.45) is 9.26. The maximum Gasteiger partial charge on any atom is 0.0584 e. The van der Waals surface area contributed by atoms with Gasteiger partial charge < -0.3 is 15.3 Å². The van der Waals surface area contributed by atoms with Crippen LogP contribution < -0.4 is 5.32 Å². The second-order valence-electron chi connectivity index (χ2n) is 5.70. The third-order valence-electron chi connectivity index (χ3n) is 4.56. The molecule has 2 N–H and O–H groups in total. The molecule has 1 aliphatic carbocycles. The lowest BCUT2D eigenvalue weighted by Gasteiger charge is -2.37. The highest BCUT2D eigenvalue weighted by Gasteiger charge is 2.27. The second-order valence-corrected chi connectivity index (χ2v) is 5.70. The summed E-state index contributed by atoms with van der Waals surface area (Å²) < 4.78 is 0. The topological polar surface area (TPSA) is 35.5 Å². The average molecular weight is 240 g/mol. The first-order valence-electron chi connectivity index (χ1n) is 7.44. The van der Waals surface area contributed by atoms with Crippen LogP contribution in [-0.4, -0.2) is 47.8 Å². The first kappa shape index (κ1) is 13.3. The smallest absolute Gasteiger partial charge is 0.0584 e. The molecule has 1 aliphatic heterocycles. The van der Waals surface area contributed by atoms with Crippen molar-refractivity contribution < 1.29 is 5.11 Å². The van der Waals surface area contributed by atoms with E-state index in [1.807, 2.05) is 0 Å². The fourth-order valence-electron chi connectivity index (χ4n) is 3.33. The van der Waals surface area contributed by atoms with Crippen molar-refractivity contribution in [2.45, 2.75) is 70.0 Å². The van der Waals surface area contributed by atoms with Crippen molar-refractivity contribution in [1.82, 2.24) is 10.2 Å². The molecule has 0 aromatic heterocycles. The van der Waals surface area contributed by atoms with Gasteiger partial charge in [0.15, 0.2) is 0 Å². The zero-order valence-corrected chi connectivity index (χ0v) is 11.2. The van der Waals surface area contributed by atoms with Gasteiger partial charge in [-0.15, -0.1) is 0 Å². The number of aliphatic hydroxyl groups excluding tert-OH is 1. The lowest BCUT2D eigenvalue weighted by molar-refractivity contribution is 0.132. The Morgan fingerprint density at radius 2 is 1.82 bits per heavy atom. The van der Waals surface area contributed by atoms with E-state index in [-0.39, 0.29) is 6.61 Å². The van der Waals surface area contributed by atoms with Gasteiger partial charge in [0.05, 0.1) is 6.61 Å². The van der Waals surface area contributed by atoms with Crippen LogP contribution in [0.2, 0.25) is 0 Å². The molecule has 2 aliphatic rings. The first-order valence-corrected chi connectivity index (χ1v) is 7.44. The number of rotatable bonds is 5. The van der Waals surface area contributed by atoms with Gasteiger partial charge in [-0.25, -0.2) is 0 Å². The number of hydrogen-bond donors (Lipinski definition) is 2. The largest absolute Gasteiger partial charge is 0.395 e. The fraction of sp³-hybridized carbons (Fsp3) is 1.00. The van der Waals surface area contributed by atoms with Gasteiger partial charge in [0.25, 0.3) is 0 Å². The lowest BCUT2D eigenvalue weighted by Crippen LogP contribution is -2.49. The van der Waals surface area contributed by atoms with Crippen molar-refractivity contribution in [3.8, 4) is 0 Å². The maximum atomic E-state index is 9.21. The van der Waals surface area contributed by atoms with Gasteiger partial charge >= 0.3 is 0 Å². The van der Waals surface area contributed by atoms with Crippen LogP contribution in [0, 0.1) is 0 Å². The minimum atomic E-state index is 0.277. The number of aliphatic hydroxyl groups is 1. The minimum Gasteiger partial charge on any atom is -0.395 e. The number of likely N-dealkylation sites (tertiary alicyclic amines) is 1. The minimum absolute atomic E-state index is 0.277. The van der Waals surface area contributed by atoms with Gasteiger partial charge in [0, 0.05) is 18.1 Å². The predicted molar refractivity (Wildman–Crippen MR) is 71.2 cm³/mol. The summed E-state index contributed by atoms with van der Waals surface area (Å²) in [6, 6.07) is 1.82. The third-order valence-corrected chi connectivity index (χ3v) is 4.56. The van der Waals surface area contributed by atoms with Crippen LogP contribution in [0.15, 0.2) is 0 Å². The summed E-state index contributed by atoms with van der Waals surface area (Å²) in [4.78, 5) is 2.70. The SMILES string of the molecule is CCC(CO)NC1CCN(C2CCCC2)CC1. The molecule has 3 heteroatoms. The van der Waals surface area contributed by atoms with Crippen LogP contribution in [0.25, 0.3) is 0 Å². The van der Waals surface area contributed by atoms with E-state index in [1.54, 1.807) is 0 Å². The Bertz CT molecular complexity index is 204. The van der Waals surface area contributed by atoms with Crippen molar-refractivity contribution >= 4 is 0 Å². The molecule has 17 heavy (non-hydrogen) atoms. The Morgan fingerprint density at radius 3 is 2.35 bits per heavy atom. The highest BCUT2D eigenvalue weighted by Crippen LogP contribution is 2.26. The highest BCUT2D eigenvalue weighted by atomic mass is 16.3. The van der Waals surface area contributed by atoms with E-state index in [0.29, 0.717) is 12.1 Å². The Labute approximate surface area is 106 Å². The van der Waals surface area contributed by atoms with E-state index in [2.05, 4.69) is 17.1 Å². The Balaban J connectivity index is 1.70. The van der Waals surface area contributed by atoms with E-state index in [9.17, 15) is 5.11 Å². The summed E-state index contributed by atoms with van der Waals surface area (Å²) in [5.41, 5.74) is 0. The fourth-order valence-corrected chi connectivity index (χ4v) is 3.33. The second kappa shape index (κ2) is 6.72. The molecule has 1 saturated heterocycles. The highest BCUT2D eigenvalue weighted by molar-refractivity contribution is 4.85. The van der Waals surface area contributed by atoms with Gasteiger partial charge in [-0.2, -0.15) is 0 Å². The van der Waals surface area contributed by atoms with Gasteiger partial charge in [0.2, 0.25) is 0 Å². The summed E-state index contributed by atoms with van der Waals surface area (Å²) in [5.74, 6) is 0. The number of nitrogens with zero attached hydrogens (tertiary/aromatic N) is 1. The van der Waals surface area contributed by atoms with Crippen LogP contribution in [0.3, 0.4) is 0 Å². The van der Waals surface area contributed by atoms with E-state index < -0.39 is 0 Å². The van der Waals surface area contributed by atoms with Crippen LogP contribution in [0.5, 0.6) is 0 Å². The van der Waals surface area contributed by atoms with Crippen molar-refractivity contribution in [2.75, 3.05) is 19.7 Å². The van der Waals surface area contributed by atoms with Crippen molar-refractivity contribution in [3.05, 3.63) is 0 Å². The molecule has 1 saturated carbocycles. The lowest BCUT2D eigenvalue weighted by atomic mass is 10.0. The number of nitrogens with one attached hydrogen (secondary N) is 1. The molecule has 0 radical (unpaired) electrons. The Morgan fingerprint density at radius 1 is 1.18 bits per heavy atom. The molecule has 2 rings (SSSR count). The van der Waals surface area contributed by atoms with E-state index in [0.717, 1.165) is 12.5 Å². The van der Waals surface area contributed by atoms with Gasteiger partial charge in [-0.1, -0.05) is 19.8 Å². The maximum absolute atomic E-state index is 9.21. The zero-order valence-electron chi connectivity index (χ0n) is 11.2. The van der Waals surface area contributed by atoms with Crippen molar-refractivity contribution in [3.63, 3.8) is 0 Å². The number of piperidine rings is 1. The first-order chi connectivity index (χ1) is 8.33. The van der Waals surface area contributed by atoms with E-state index in [1.165, 1.54) is 51.6 Å². The van der Waals surface area contributed by atoms with Gasteiger partial charge in [0.1, 0.15) is 0 Å². The standard InChI is InChI=1S/C14H28N2O/c1-2-12(11-17)15-13-7-9-16(10-8-13)14-5-3-4-6-14/h12-15,17H,2-11H2,1H3. The zero-order chi connectivity index (χ0) is 12.1. The summed E-state index contributed by atoms with van der Waals surface area (Å²) in [7, 11) is 0. The molecule has 0 amide bonds. The van der Waals surface area contributed by atoms with Crippen LogP contribution >= 0.6 is 0 Å². The molecule has 1 atom stereocenters. The van der Waals surface area contributed by atoms with Crippen LogP contribution in [-0.2, 0) is 0 Å². The predicted octanol–water partition coefficient (Wildman–Crippen LogP) is 1.75. The van der Waals surface area contributed by atoms with E-state index in [4.69, 9.17) is 0 Å². The van der Waals surface area contributed by atoms with Crippen molar-refractivity contribution in [2.24, 2.45) is 0 Å². The molecule has 100 valence electrons. The number of hydrogen-bond acceptors (Lipinski definition) is 3. The molecule has 3 nitrogen and oxygen atoms in total. The molecule has 0 bridgehead atoms. The van der Waals surface area contributed by atoms with Gasteiger partial charge in [-0.3, -0.25) is 0 Å². The molecular formula is C14H28N2O. The van der Waals surface area contributed by atoms with Crippen LogP contribution in [0.4, 0.5) is 0 Å². The molecule has 2 fully saturated rings. The molecule has 1 heterocycles.